The van der Waals surface area contributed by atoms with Gasteiger partial charge >= 0.3 is 6.09 Å². The smallest absolute Gasteiger partial charge is 0.410 e. The average molecular weight is 541 g/mol. The standard InChI is InChI=1S/C26H44N4O6S/c1-5-13-30(25(33)36-26(2,3)4)14-17-37-24-29-28-23(35-24)21(31)20(18-11-15-34-16-12-18)27-22(32)19-9-7-6-8-10-19/h18-21,31H,5-17H2,1-4H3,(H,27,32). The Morgan fingerprint density at radius 3 is 2.49 bits per heavy atom. The molecule has 0 aromatic carbocycles. The highest BCUT2D eigenvalue weighted by Gasteiger charge is 2.36. The maximum Gasteiger partial charge on any atom is 0.410 e. The van der Waals surface area contributed by atoms with Crippen LogP contribution in [0.2, 0.25) is 0 Å². The molecule has 210 valence electrons. The summed E-state index contributed by atoms with van der Waals surface area (Å²) >= 11 is 1.32. The molecule has 0 bridgehead atoms. The first-order valence-electron chi connectivity index (χ1n) is 13.7. The summed E-state index contributed by atoms with van der Waals surface area (Å²) in [5.41, 5.74) is -0.554. The molecule has 2 heterocycles. The summed E-state index contributed by atoms with van der Waals surface area (Å²) in [7, 11) is 0. The molecular weight excluding hydrogens is 496 g/mol. The molecule has 1 aromatic heterocycles. The van der Waals surface area contributed by atoms with Crippen LogP contribution in [0.4, 0.5) is 4.79 Å². The SMILES string of the molecule is CCCN(CCSc1nnc(C(O)C(NC(=O)C2CCCCC2)C2CCOCC2)o1)C(=O)OC(C)(C)C. The van der Waals surface area contributed by atoms with Crippen LogP contribution in [0.25, 0.3) is 0 Å². The first kappa shape index (κ1) is 29.7. The predicted molar refractivity (Wildman–Crippen MR) is 140 cm³/mol. The number of thioether (sulfide) groups is 1. The average Bonchev–Trinajstić information content (AvgIpc) is 3.35. The van der Waals surface area contributed by atoms with Gasteiger partial charge in [0.25, 0.3) is 5.22 Å². The molecule has 1 aliphatic heterocycles. The summed E-state index contributed by atoms with van der Waals surface area (Å²) in [5, 5.41) is 22.9. The van der Waals surface area contributed by atoms with Gasteiger partial charge in [0.1, 0.15) is 5.60 Å². The van der Waals surface area contributed by atoms with Crippen LogP contribution in [0.15, 0.2) is 9.64 Å². The maximum absolute atomic E-state index is 13.0. The van der Waals surface area contributed by atoms with E-state index in [1.807, 2.05) is 27.7 Å². The van der Waals surface area contributed by atoms with Crippen molar-refractivity contribution in [2.45, 2.75) is 102 Å². The lowest BCUT2D eigenvalue weighted by Gasteiger charge is -2.34. The van der Waals surface area contributed by atoms with Gasteiger partial charge in [-0.1, -0.05) is 37.9 Å². The van der Waals surface area contributed by atoms with Gasteiger partial charge in [-0.15, -0.1) is 10.2 Å². The second kappa shape index (κ2) is 14.3. The van der Waals surface area contributed by atoms with Gasteiger partial charge in [0.2, 0.25) is 11.8 Å². The predicted octanol–water partition coefficient (Wildman–Crippen LogP) is 4.33. The van der Waals surface area contributed by atoms with Crippen LogP contribution in [-0.4, -0.2) is 75.9 Å². The molecule has 0 spiro atoms. The number of carbonyl (C=O) groups is 2. The lowest BCUT2D eigenvalue weighted by molar-refractivity contribution is -0.129. The highest BCUT2D eigenvalue weighted by Crippen LogP contribution is 2.31. The Morgan fingerprint density at radius 1 is 1.14 bits per heavy atom. The molecule has 1 saturated carbocycles. The number of hydrogen-bond donors (Lipinski definition) is 2. The van der Waals surface area contributed by atoms with Crippen molar-refractivity contribution in [1.82, 2.24) is 20.4 Å². The Balaban J connectivity index is 1.60. The number of ether oxygens (including phenoxy) is 2. The molecule has 3 rings (SSSR count). The van der Waals surface area contributed by atoms with E-state index in [0.29, 0.717) is 37.3 Å². The number of aromatic nitrogens is 2. The number of rotatable bonds is 11. The third-order valence-corrected chi connectivity index (χ3v) is 7.60. The molecule has 37 heavy (non-hydrogen) atoms. The lowest BCUT2D eigenvalue weighted by atomic mass is 9.85. The van der Waals surface area contributed by atoms with Gasteiger partial charge in [-0.25, -0.2) is 4.79 Å². The Labute approximate surface area is 224 Å². The van der Waals surface area contributed by atoms with E-state index < -0.39 is 17.7 Å². The van der Waals surface area contributed by atoms with Crippen molar-refractivity contribution in [1.29, 1.82) is 0 Å². The van der Waals surface area contributed by atoms with E-state index in [-0.39, 0.29) is 29.7 Å². The van der Waals surface area contributed by atoms with E-state index >= 15 is 0 Å². The molecule has 1 saturated heterocycles. The Bertz CT molecular complexity index is 848. The summed E-state index contributed by atoms with van der Waals surface area (Å²) in [5.74, 6) is 0.700. The number of aliphatic hydroxyl groups excluding tert-OH is 1. The van der Waals surface area contributed by atoms with Gasteiger partial charge in [-0.3, -0.25) is 4.79 Å². The van der Waals surface area contributed by atoms with Gasteiger partial charge in [0.15, 0.2) is 6.10 Å². The zero-order chi connectivity index (χ0) is 26.8. The quantitative estimate of drug-likeness (QED) is 0.394. The van der Waals surface area contributed by atoms with Crippen molar-refractivity contribution in [2.24, 2.45) is 11.8 Å². The van der Waals surface area contributed by atoms with Gasteiger partial charge in [0.05, 0.1) is 6.04 Å². The molecule has 2 N–H and O–H groups in total. The minimum Gasteiger partial charge on any atom is -0.444 e. The fourth-order valence-corrected chi connectivity index (χ4v) is 5.59. The van der Waals surface area contributed by atoms with Gasteiger partial charge in [-0.2, -0.15) is 0 Å². The molecule has 0 radical (unpaired) electrons. The van der Waals surface area contributed by atoms with E-state index in [0.717, 1.165) is 44.9 Å². The zero-order valence-corrected chi connectivity index (χ0v) is 23.6. The Hall–Kier alpha value is -1.85. The van der Waals surface area contributed by atoms with E-state index in [2.05, 4.69) is 15.5 Å². The molecule has 1 aliphatic carbocycles. The normalized spacial score (nSPS) is 19.3. The number of aliphatic hydroxyl groups is 1. The number of nitrogens with one attached hydrogen (secondary N) is 1. The van der Waals surface area contributed by atoms with Crippen molar-refractivity contribution in [2.75, 3.05) is 32.1 Å². The summed E-state index contributed by atoms with van der Waals surface area (Å²) in [6.45, 7) is 9.82. The highest BCUT2D eigenvalue weighted by molar-refractivity contribution is 7.99. The highest BCUT2D eigenvalue weighted by atomic mass is 32.2. The van der Waals surface area contributed by atoms with Crippen LogP contribution in [0, 0.1) is 11.8 Å². The number of nitrogens with zero attached hydrogens (tertiary/aromatic N) is 3. The minimum atomic E-state index is -1.10. The number of carbonyl (C=O) groups excluding carboxylic acids is 2. The second-order valence-corrected chi connectivity index (χ2v) is 12.0. The summed E-state index contributed by atoms with van der Waals surface area (Å²) in [4.78, 5) is 27.2. The Kier molecular flexibility index (Phi) is 11.5. The fraction of sp³-hybridized carbons (Fsp3) is 0.846. The zero-order valence-electron chi connectivity index (χ0n) is 22.7. The summed E-state index contributed by atoms with van der Waals surface area (Å²) < 4.78 is 16.8. The monoisotopic (exact) mass is 540 g/mol. The molecular formula is C26H44N4O6S. The lowest BCUT2D eigenvalue weighted by Crippen LogP contribution is -2.48. The molecule has 2 amide bonds. The van der Waals surface area contributed by atoms with Crippen LogP contribution in [0.1, 0.15) is 91.1 Å². The van der Waals surface area contributed by atoms with Crippen molar-refractivity contribution in [3.63, 3.8) is 0 Å². The number of amides is 2. The second-order valence-electron chi connectivity index (χ2n) is 11.0. The van der Waals surface area contributed by atoms with Crippen molar-refractivity contribution in [3.05, 3.63) is 5.89 Å². The molecule has 2 unspecified atom stereocenters. The first-order chi connectivity index (χ1) is 17.7. The maximum atomic E-state index is 13.0. The summed E-state index contributed by atoms with van der Waals surface area (Å²) in [6.07, 6.45) is 5.96. The molecule has 10 nitrogen and oxygen atoms in total. The van der Waals surface area contributed by atoms with E-state index in [4.69, 9.17) is 13.9 Å². The van der Waals surface area contributed by atoms with Crippen molar-refractivity contribution in [3.8, 4) is 0 Å². The summed E-state index contributed by atoms with van der Waals surface area (Å²) in [6, 6.07) is -0.510. The molecule has 2 atom stereocenters. The molecule has 2 aliphatic rings. The topological polar surface area (TPSA) is 127 Å². The first-order valence-corrected chi connectivity index (χ1v) is 14.7. The minimum absolute atomic E-state index is 0.00233. The number of hydrogen-bond acceptors (Lipinski definition) is 9. The third kappa shape index (κ3) is 9.44. The molecule has 11 heteroatoms. The fourth-order valence-electron chi connectivity index (χ4n) is 4.86. The van der Waals surface area contributed by atoms with Gasteiger partial charge < -0.3 is 29.2 Å². The Morgan fingerprint density at radius 2 is 1.84 bits per heavy atom. The largest absolute Gasteiger partial charge is 0.444 e. The third-order valence-electron chi connectivity index (χ3n) is 6.81. The van der Waals surface area contributed by atoms with Gasteiger partial charge in [0, 0.05) is 38.0 Å². The molecule has 1 aromatic rings. The van der Waals surface area contributed by atoms with Crippen molar-refractivity contribution >= 4 is 23.8 Å². The van der Waals surface area contributed by atoms with Crippen LogP contribution in [0.3, 0.4) is 0 Å². The molecule has 2 fully saturated rings. The van der Waals surface area contributed by atoms with Crippen LogP contribution in [-0.2, 0) is 14.3 Å². The van der Waals surface area contributed by atoms with E-state index in [1.165, 1.54) is 18.2 Å². The van der Waals surface area contributed by atoms with Crippen molar-refractivity contribution < 1.29 is 28.6 Å². The van der Waals surface area contributed by atoms with Crippen LogP contribution in [0.5, 0.6) is 0 Å². The van der Waals surface area contributed by atoms with Crippen LogP contribution < -0.4 is 5.32 Å². The van der Waals surface area contributed by atoms with Crippen LogP contribution >= 0.6 is 11.8 Å². The van der Waals surface area contributed by atoms with E-state index in [9.17, 15) is 14.7 Å². The van der Waals surface area contributed by atoms with E-state index in [1.54, 1.807) is 4.90 Å². The van der Waals surface area contributed by atoms with Gasteiger partial charge in [-0.05, 0) is 58.8 Å².